The fourth-order valence-corrected chi connectivity index (χ4v) is 3.99. The van der Waals surface area contributed by atoms with Crippen LogP contribution in [0.25, 0.3) is 0 Å². The summed E-state index contributed by atoms with van der Waals surface area (Å²) in [5.74, 6) is 2.77. The van der Waals surface area contributed by atoms with E-state index in [0.717, 1.165) is 12.1 Å². The SMILES string of the molecule is CCCNC1CCCN(C2CCSCC2)C1. The monoisotopic (exact) mass is 242 g/mol. The van der Waals surface area contributed by atoms with Crippen molar-refractivity contribution >= 4 is 11.8 Å². The summed E-state index contributed by atoms with van der Waals surface area (Å²) in [5.41, 5.74) is 0. The first kappa shape index (κ1) is 12.7. The molecular weight excluding hydrogens is 216 g/mol. The number of hydrogen-bond acceptors (Lipinski definition) is 3. The van der Waals surface area contributed by atoms with E-state index < -0.39 is 0 Å². The van der Waals surface area contributed by atoms with E-state index in [0.29, 0.717) is 0 Å². The van der Waals surface area contributed by atoms with Gasteiger partial charge in [-0.05, 0) is 56.7 Å². The maximum absolute atomic E-state index is 3.69. The third kappa shape index (κ3) is 3.64. The first-order valence-electron chi connectivity index (χ1n) is 6.95. The number of thioether (sulfide) groups is 1. The number of nitrogens with one attached hydrogen (secondary N) is 1. The van der Waals surface area contributed by atoms with Crippen LogP contribution in [-0.4, -0.2) is 48.1 Å². The van der Waals surface area contributed by atoms with E-state index in [-0.39, 0.29) is 0 Å². The molecule has 1 atom stereocenters. The predicted octanol–water partition coefficient (Wildman–Crippen LogP) is 2.35. The predicted molar refractivity (Wildman–Crippen MR) is 73.2 cm³/mol. The minimum absolute atomic E-state index is 0.767. The van der Waals surface area contributed by atoms with Gasteiger partial charge < -0.3 is 5.32 Å². The molecule has 16 heavy (non-hydrogen) atoms. The van der Waals surface area contributed by atoms with Gasteiger partial charge in [-0.25, -0.2) is 0 Å². The zero-order valence-corrected chi connectivity index (χ0v) is 11.4. The van der Waals surface area contributed by atoms with E-state index in [1.54, 1.807) is 0 Å². The zero-order chi connectivity index (χ0) is 11.2. The lowest BCUT2D eigenvalue weighted by Crippen LogP contribution is -2.50. The van der Waals surface area contributed by atoms with E-state index in [4.69, 9.17) is 0 Å². The number of piperidine rings is 1. The molecule has 0 saturated carbocycles. The second kappa shape index (κ2) is 6.87. The van der Waals surface area contributed by atoms with Crippen LogP contribution in [0.15, 0.2) is 0 Å². The van der Waals surface area contributed by atoms with Crippen molar-refractivity contribution in [3.63, 3.8) is 0 Å². The number of rotatable bonds is 4. The van der Waals surface area contributed by atoms with Crippen molar-refractivity contribution in [2.45, 2.75) is 51.1 Å². The Morgan fingerprint density at radius 2 is 2.06 bits per heavy atom. The lowest BCUT2D eigenvalue weighted by molar-refractivity contribution is 0.130. The van der Waals surface area contributed by atoms with Crippen LogP contribution in [-0.2, 0) is 0 Å². The third-order valence-electron chi connectivity index (χ3n) is 3.84. The summed E-state index contributed by atoms with van der Waals surface area (Å²) in [6.07, 6.45) is 6.88. The molecule has 1 N–H and O–H groups in total. The van der Waals surface area contributed by atoms with Gasteiger partial charge in [-0.1, -0.05) is 6.92 Å². The Balaban J connectivity index is 1.76. The lowest BCUT2D eigenvalue weighted by Gasteiger charge is -2.40. The van der Waals surface area contributed by atoms with E-state index >= 15 is 0 Å². The van der Waals surface area contributed by atoms with Gasteiger partial charge in [0.05, 0.1) is 0 Å². The fraction of sp³-hybridized carbons (Fsp3) is 1.00. The minimum Gasteiger partial charge on any atom is -0.313 e. The average molecular weight is 242 g/mol. The molecule has 0 aliphatic carbocycles. The first-order chi connectivity index (χ1) is 7.90. The van der Waals surface area contributed by atoms with E-state index in [9.17, 15) is 0 Å². The van der Waals surface area contributed by atoms with Gasteiger partial charge in [0.25, 0.3) is 0 Å². The van der Waals surface area contributed by atoms with Gasteiger partial charge in [-0.3, -0.25) is 4.90 Å². The second-order valence-electron chi connectivity index (χ2n) is 5.13. The Morgan fingerprint density at radius 3 is 2.81 bits per heavy atom. The zero-order valence-electron chi connectivity index (χ0n) is 10.6. The largest absolute Gasteiger partial charge is 0.313 e. The Kier molecular flexibility index (Phi) is 5.46. The lowest BCUT2D eigenvalue weighted by atomic mass is 10.0. The van der Waals surface area contributed by atoms with Crippen molar-refractivity contribution in [3.05, 3.63) is 0 Å². The molecule has 2 nitrogen and oxygen atoms in total. The summed E-state index contributed by atoms with van der Waals surface area (Å²) in [7, 11) is 0. The van der Waals surface area contributed by atoms with Gasteiger partial charge in [0.2, 0.25) is 0 Å². The van der Waals surface area contributed by atoms with Crippen LogP contribution < -0.4 is 5.32 Å². The quantitative estimate of drug-likeness (QED) is 0.815. The number of nitrogens with zero attached hydrogens (tertiary/aromatic N) is 1. The molecule has 2 aliphatic heterocycles. The Labute approximate surface area is 105 Å². The van der Waals surface area contributed by atoms with Gasteiger partial charge in [-0.15, -0.1) is 0 Å². The fourth-order valence-electron chi connectivity index (χ4n) is 2.90. The molecule has 0 aromatic carbocycles. The van der Waals surface area contributed by atoms with Gasteiger partial charge in [0.1, 0.15) is 0 Å². The second-order valence-corrected chi connectivity index (χ2v) is 6.36. The molecule has 2 heterocycles. The van der Waals surface area contributed by atoms with E-state index in [1.165, 1.54) is 63.2 Å². The molecule has 0 aromatic rings. The molecule has 2 saturated heterocycles. The Hall–Kier alpha value is 0.270. The van der Waals surface area contributed by atoms with Gasteiger partial charge in [-0.2, -0.15) is 11.8 Å². The highest BCUT2D eigenvalue weighted by Crippen LogP contribution is 2.24. The number of likely N-dealkylation sites (tertiary alicyclic amines) is 1. The molecule has 2 rings (SSSR count). The molecule has 0 spiro atoms. The summed E-state index contributed by atoms with van der Waals surface area (Å²) in [6, 6.07) is 1.66. The average Bonchev–Trinajstić information content (AvgIpc) is 2.38. The molecule has 2 aliphatic rings. The van der Waals surface area contributed by atoms with Crippen LogP contribution in [0, 0.1) is 0 Å². The summed E-state index contributed by atoms with van der Waals surface area (Å²) >= 11 is 2.14. The van der Waals surface area contributed by atoms with Crippen LogP contribution in [0.3, 0.4) is 0 Å². The minimum atomic E-state index is 0.767. The molecule has 94 valence electrons. The molecule has 0 aromatic heterocycles. The molecule has 3 heteroatoms. The van der Waals surface area contributed by atoms with E-state index in [1.807, 2.05) is 0 Å². The summed E-state index contributed by atoms with van der Waals surface area (Å²) in [6.45, 7) is 6.10. The van der Waals surface area contributed by atoms with Crippen LogP contribution in [0.1, 0.15) is 39.0 Å². The third-order valence-corrected chi connectivity index (χ3v) is 4.89. The maximum Gasteiger partial charge on any atom is 0.0195 e. The highest BCUT2D eigenvalue weighted by Gasteiger charge is 2.26. The Morgan fingerprint density at radius 1 is 1.25 bits per heavy atom. The van der Waals surface area contributed by atoms with Crippen molar-refractivity contribution < 1.29 is 0 Å². The van der Waals surface area contributed by atoms with Crippen molar-refractivity contribution in [3.8, 4) is 0 Å². The number of hydrogen-bond donors (Lipinski definition) is 1. The van der Waals surface area contributed by atoms with E-state index in [2.05, 4.69) is 28.9 Å². The standard InChI is InChI=1S/C13H26N2S/c1-2-7-14-12-4-3-8-15(11-12)13-5-9-16-10-6-13/h12-14H,2-11H2,1H3. The Bertz CT molecular complexity index is 192. The van der Waals surface area contributed by atoms with Crippen molar-refractivity contribution in [1.29, 1.82) is 0 Å². The van der Waals surface area contributed by atoms with Gasteiger partial charge in [0.15, 0.2) is 0 Å². The van der Waals surface area contributed by atoms with Crippen LogP contribution in [0.5, 0.6) is 0 Å². The highest BCUT2D eigenvalue weighted by molar-refractivity contribution is 7.99. The molecule has 0 amide bonds. The summed E-state index contributed by atoms with van der Waals surface area (Å²) < 4.78 is 0. The van der Waals surface area contributed by atoms with Crippen LogP contribution in [0.4, 0.5) is 0 Å². The van der Waals surface area contributed by atoms with Crippen LogP contribution >= 0.6 is 11.8 Å². The molecule has 0 radical (unpaired) electrons. The summed E-state index contributed by atoms with van der Waals surface area (Å²) in [4.78, 5) is 2.76. The normalized spacial score (nSPS) is 29.4. The van der Waals surface area contributed by atoms with Crippen molar-refractivity contribution in [2.24, 2.45) is 0 Å². The smallest absolute Gasteiger partial charge is 0.0195 e. The van der Waals surface area contributed by atoms with Crippen molar-refractivity contribution in [1.82, 2.24) is 10.2 Å². The summed E-state index contributed by atoms with van der Waals surface area (Å²) in [5, 5.41) is 3.69. The molecule has 2 fully saturated rings. The van der Waals surface area contributed by atoms with Crippen LogP contribution in [0.2, 0.25) is 0 Å². The first-order valence-corrected chi connectivity index (χ1v) is 8.11. The van der Waals surface area contributed by atoms with Gasteiger partial charge >= 0.3 is 0 Å². The molecule has 1 unspecified atom stereocenters. The highest BCUT2D eigenvalue weighted by atomic mass is 32.2. The van der Waals surface area contributed by atoms with Gasteiger partial charge in [0, 0.05) is 18.6 Å². The van der Waals surface area contributed by atoms with Crippen molar-refractivity contribution in [2.75, 3.05) is 31.1 Å². The molecule has 0 bridgehead atoms. The maximum atomic E-state index is 3.69. The molecular formula is C13H26N2S. The topological polar surface area (TPSA) is 15.3 Å².